The summed E-state index contributed by atoms with van der Waals surface area (Å²) in [6, 6.07) is 19.7. The fraction of sp³-hybridized carbons (Fsp3) is 0.250. The lowest BCUT2D eigenvalue weighted by atomic mass is 10.0. The van der Waals surface area contributed by atoms with Crippen LogP contribution in [0.3, 0.4) is 0 Å². The van der Waals surface area contributed by atoms with Crippen LogP contribution in [0.15, 0.2) is 72.8 Å². The summed E-state index contributed by atoms with van der Waals surface area (Å²) < 4.78 is 17.0. The van der Waals surface area contributed by atoms with Gasteiger partial charge in [-0.15, -0.1) is 0 Å². The van der Waals surface area contributed by atoms with Crippen molar-refractivity contribution >= 4 is 5.97 Å². The van der Waals surface area contributed by atoms with E-state index >= 15 is 0 Å². The highest BCUT2D eigenvalue weighted by Gasteiger charge is 2.36. The van der Waals surface area contributed by atoms with Gasteiger partial charge in [0.1, 0.15) is 18.8 Å². The first kappa shape index (κ1) is 16.4. The lowest BCUT2D eigenvalue weighted by Gasteiger charge is -2.32. The van der Waals surface area contributed by atoms with Gasteiger partial charge in [0.25, 0.3) is 0 Å². The van der Waals surface area contributed by atoms with Crippen LogP contribution in [0, 0.1) is 0 Å². The molecule has 0 N–H and O–H groups in total. The summed E-state index contributed by atoms with van der Waals surface area (Å²) in [5, 5.41) is 0. The number of rotatable bonds is 6. The first-order chi connectivity index (χ1) is 11.7. The molecule has 4 nitrogen and oxygen atoms in total. The average molecular weight is 324 g/mol. The van der Waals surface area contributed by atoms with Gasteiger partial charge in [0, 0.05) is 0 Å². The molecule has 0 unspecified atom stereocenters. The Morgan fingerprint density at radius 1 is 0.917 bits per heavy atom. The molecule has 0 spiro atoms. The van der Waals surface area contributed by atoms with Gasteiger partial charge in [-0.05, 0) is 11.1 Å². The lowest BCUT2D eigenvalue weighted by molar-refractivity contribution is -0.164. The van der Waals surface area contributed by atoms with E-state index < -0.39 is 12.1 Å². The van der Waals surface area contributed by atoms with Crippen LogP contribution < -0.4 is 0 Å². The average Bonchev–Trinajstić information content (AvgIpc) is 2.63. The Morgan fingerprint density at radius 3 is 2.04 bits per heavy atom. The molecule has 1 saturated heterocycles. The van der Waals surface area contributed by atoms with Gasteiger partial charge >= 0.3 is 5.97 Å². The molecule has 2 aromatic rings. The highest BCUT2D eigenvalue weighted by Crippen LogP contribution is 2.22. The standard InChI is InChI=1S/C20H20O4/c1-15-19(23-13-17-10-6-3-7-11-17)18(14-24-20(15)21)22-12-16-8-4-2-5-9-16/h2-11,18-19H,1,12-14H2/t18-,19-/m1/s1. The molecule has 4 heteroatoms. The van der Waals surface area contributed by atoms with Crippen LogP contribution in [-0.2, 0) is 32.2 Å². The second-order valence-corrected chi connectivity index (χ2v) is 5.68. The van der Waals surface area contributed by atoms with Crippen molar-refractivity contribution in [2.75, 3.05) is 6.61 Å². The van der Waals surface area contributed by atoms with Gasteiger partial charge in [-0.25, -0.2) is 4.79 Å². The minimum absolute atomic E-state index is 0.171. The SMILES string of the molecule is C=C1C(=O)OC[C@@H](OCc2ccccc2)[C@@H]1OCc1ccccc1. The van der Waals surface area contributed by atoms with Gasteiger partial charge in [0.2, 0.25) is 0 Å². The quantitative estimate of drug-likeness (QED) is 0.604. The van der Waals surface area contributed by atoms with Crippen LogP contribution in [0.5, 0.6) is 0 Å². The van der Waals surface area contributed by atoms with Crippen molar-refractivity contribution in [3.05, 3.63) is 83.9 Å². The Kier molecular flexibility index (Phi) is 5.41. The Morgan fingerprint density at radius 2 is 1.46 bits per heavy atom. The van der Waals surface area contributed by atoms with Gasteiger partial charge < -0.3 is 14.2 Å². The largest absolute Gasteiger partial charge is 0.459 e. The van der Waals surface area contributed by atoms with E-state index in [4.69, 9.17) is 14.2 Å². The monoisotopic (exact) mass is 324 g/mol. The number of cyclic esters (lactones) is 1. The third-order valence-electron chi connectivity index (χ3n) is 3.90. The Bertz CT molecular complexity index is 681. The summed E-state index contributed by atoms with van der Waals surface area (Å²) in [5.74, 6) is -0.423. The number of hydrogen-bond donors (Lipinski definition) is 0. The normalized spacial score (nSPS) is 20.7. The maximum Gasteiger partial charge on any atom is 0.336 e. The number of carbonyl (C=O) groups excluding carboxylic acids is 1. The summed E-state index contributed by atoms with van der Waals surface area (Å²) >= 11 is 0. The van der Waals surface area contributed by atoms with E-state index in [1.165, 1.54) is 0 Å². The first-order valence-corrected chi connectivity index (χ1v) is 7.91. The van der Waals surface area contributed by atoms with Gasteiger partial charge in [-0.3, -0.25) is 0 Å². The summed E-state index contributed by atoms with van der Waals surface area (Å²) in [6.45, 7) is 4.81. The second-order valence-electron chi connectivity index (χ2n) is 5.68. The van der Waals surface area contributed by atoms with E-state index in [9.17, 15) is 4.79 Å². The molecule has 2 atom stereocenters. The van der Waals surface area contributed by atoms with E-state index in [-0.39, 0.29) is 12.7 Å². The van der Waals surface area contributed by atoms with E-state index in [1.807, 2.05) is 60.7 Å². The number of ether oxygens (including phenoxy) is 3. The summed E-state index contributed by atoms with van der Waals surface area (Å²) in [5.41, 5.74) is 2.39. The van der Waals surface area contributed by atoms with Crippen LogP contribution in [0.25, 0.3) is 0 Å². The zero-order valence-corrected chi connectivity index (χ0v) is 13.4. The number of benzene rings is 2. The van der Waals surface area contributed by atoms with Crippen LogP contribution in [0.2, 0.25) is 0 Å². The molecule has 3 rings (SSSR count). The molecule has 1 aliphatic rings. The molecule has 0 radical (unpaired) electrons. The number of esters is 1. The lowest BCUT2D eigenvalue weighted by Crippen LogP contribution is -2.44. The van der Waals surface area contributed by atoms with Crippen LogP contribution in [-0.4, -0.2) is 24.8 Å². The zero-order chi connectivity index (χ0) is 16.8. The summed E-state index contributed by atoms with van der Waals surface area (Å²) in [4.78, 5) is 11.8. The molecule has 0 aromatic heterocycles. The van der Waals surface area contributed by atoms with E-state index in [0.29, 0.717) is 18.8 Å². The summed E-state index contributed by atoms with van der Waals surface area (Å²) in [6.07, 6.45) is -0.866. The van der Waals surface area contributed by atoms with Crippen molar-refractivity contribution in [1.82, 2.24) is 0 Å². The molecule has 0 amide bonds. The maximum absolute atomic E-state index is 11.8. The fourth-order valence-corrected chi connectivity index (χ4v) is 2.56. The minimum Gasteiger partial charge on any atom is -0.459 e. The number of carbonyl (C=O) groups is 1. The molecule has 1 aliphatic heterocycles. The molecule has 24 heavy (non-hydrogen) atoms. The van der Waals surface area contributed by atoms with E-state index in [1.54, 1.807) is 0 Å². The third-order valence-corrected chi connectivity index (χ3v) is 3.90. The second kappa shape index (κ2) is 7.90. The van der Waals surface area contributed by atoms with Crippen LogP contribution in [0.1, 0.15) is 11.1 Å². The van der Waals surface area contributed by atoms with E-state index in [2.05, 4.69) is 6.58 Å². The minimum atomic E-state index is -0.504. The van der Waals surface area contributed by atoms with Crippen LogP contribution in [0.4, 0.5) is 0 Å². The molecular weight excluding hydrogens is 304 g/mol. The van der Waals surface area contributed by atoms with Crippen molar-refractivity contribution in [2.24, 2.45) is 0 Å². The molecule has 0 aliphatic carbocycles. The van der Waals surface area contributed by atoms with Crippen molar-refractivity contribution in [3.63, 3.8) is 0 Å². The fourth-order valence-electron chi connectivity index (χ4n) is 2.56. The van der Waals surface area contributed by atoms with E-state index in [0.717, 1.165) is 11.1 Å². The molecule has 2 aromatic carbocycles. The molecular formula is C20H20O4. The van der Waals surface area contributed by atoms with Crippen molar-refractivity contribution in [1.29, 1.82) is 0 Å². The molecule has 1 heterocycles. The Hall–Kier alpha value is -2.43. The predicted molar refractivity (Wildman–Crippen MR) is 90.1 cm³/mol. The first-order valence-electron chi connectivity index (χ1n) is 7.91. The Labute approximate surface area is 141 Å². The smallest absolute Gasteiger partial charge is 0.336 e. The van der Waals surface area contributed by atoms with Gasteiger partial charge in [-0.1, -0.05) is 67.2 Å². The third kappa shape index (κ3) is 4.10. The van der Waals surface area contributed by atoms with Crippen molar-refractivity contribution in [3.8, 4) is 0 Å². The molecule has 0 bridgehead atoms. The topological polar surface area (TPSA) is 44.8 Å². The Balaban J connectivity index is 1.64. The zero-order valence-electron chi connectivity index (χ0n) is 13.4. The highest BCUT2D eigenvalue weighted by atomic mass is 16.6. The number of hydrogen-bond acceptors (Lipinski definition) is 4. The maximum atomic E-state index is 11.8. The molecule has 1 fully saturated rings. The predicted octanol–water partition coefficient (Wildman–Crippen LogP) is 3.27. The highest BCUT2D eigenvalue weighted by molar-refractivity contribution is 5.89. The van der Waals surface area contributed by atoms with Gasteiger partial charge in [0.05, 0.1) is 18.8 Å². The van der Waals surface area contributed by atoms with Crippen LogP contribution >= 0.6 is 0 Å². The van der Waals surface area contributed by atoms with Gasteiger partial charge in [0.15, 0.2) is 0 Å². The van der Waals surface area contributed by atoms with Gasteiger partial charge in [-0.2, -0.15) is 0 Å². The summed E-state index contributed by atoms with van der Waals surface area (Å²) in [7, 11) is 0. The molecule has 124 valence electrons. The van der Waals surface area contributed by atoms with Crippen molar-refractivity contribution in [2.45, 2.75) is 25.4 Å². The molecule has 0 saturated carbocycles. The van der Waals surface area contributed by atoms with Crippen molar-refractivity contribution < 1.29 is 19.0 Å².